The molecule has 10 heteroatoms. The molecule has 0 heterocycles. The van der Waals surface area contributed by atoms with Gasteiger partial charge in [0.2, 0.25) is 11.8 Å². The molecule has 43 heavy (non-hydrogen) atoms. The molecule has 0 aromatic heterocycles. The molecule has 0 aliphatic heterocycles. The van der Waals surface area contributed by atoms with E-state index in [9.17, 15) is 19.2 Å². The average molecular weight is 615 g/mol. The number of ether oxygens (including phenoxy) is 1. The number of amides is 4. The molecule has 9 nitrogen and oxygen atoms in total. The third-order valence-electron chi connectivity index (χ3n) is 6.95. The van der Waals surface area contributed by atoms with Crippen LogP contribution in [0.5, 0.6) is 0 Å². The first-order valence-electron chi connectivity index (χ1n) is 14.7. The summed E-state index contributed by atoms with van der Waals surface area (Å²) in [6, 6.07) is 10.0. The van der Waals surface area contributed by atoms with Crippen LogP contribution in [-0.4, -0.2) is 46.4 Å². The van der Waals surface area contributed by atoms with Crippen molar-refractivity contribution in [1.29, 1.82) is 0 Å². The second-order valence-corrected chi connectivity index (χ2v) is 12.9. The standard InChI is InChI=1S/C33H47ClN4O5/c1-20(2)12-15-23(5)38(31(41)26(18-19-27(35)39)36-32(42)43-33(6,7)8)29(24-16-13-21(3)14-17-24)30(40)37-28-22(4)10-9-11-25(28)34/h9-11,13-14,16-17,20,23,26,29H,12,15,18-19H2,1-8H3,(H2,35,39)(H,36,42)(H,37,40). The molecule has 2 rings (SSSR count). The fraction of sp³-hybridized carbons (Fsp3) is 0.515. The summed E-state index contributed by atoms with van der Waals surface area (Å²) in [5.41, 5.74) is 7.40. The van der Waals surface area contributed by atoms with E-state index in [0.29, 0.717) is 28.6 Å². The Morgan fingerprint density at radius 1 is 0.953 bits per heavy atom. The third kappa shape index (κ3) is 11.2. The molecule has 4 N–H and O–H groups in total. The predicted molar refractivity (Wildman–Crippen MR) is 171 cm³/mol. The molecule has 2 aromatic carbocycles. The number of nitrogens with two attached hydrogens (primary N) is 1. The highest BCUT2D eigenvalue weighted by molar-refractivity contribution is 6.34. The number of carbonyl (C=O) groups excluding carboxylic acids is 4. The quantitative estimate of drug-likeness (QED) is 0.239. The molecule has 0 bridgehead atoms. The molecule has 3 unspecified atom stereocenters. The highest BCUT2D eigenvalue weighted by Crippen LogP contribution is 2.32. The summed E-state index contributed by atoms with van der Waals surface area (Å²) in [7, 11) is 0. The Kier molecular flexibility index (Phi) is 13.0. The molecule has 0 spiro atoms. The van der Waals surface area contributed by atoms with E-state index in [4.69, 9.17) is 22.1 Å². The minimum absolute atomic E-state index is 0.0628. The summed E-state index contributed by atoms with van der Waals surface area (Å²) >= 11 is 6.47. The number of primary amides is 1. The zero-order valence-electron chi connectivity index (χ0n) is 26.6. The van der Waals surface area contributed by atoms with Crippen molar-refractivity contribution in [2.24, 2.45) is 11.7 Å². The Labute approximate surface area is 260 Å². The van der Waals surface area contributed by atoms with E-state index in [0.717, 1.165) is 17.5 Å². The second-order valence-electron chi connectivity index (χ2n) is 12.5. The molecule has 0 saturated heterocycles. The van der Waals surface area contributed by atoms with Gasteiger partial charge in [-0.3, -0.25) is 14.4 Å². The van der Waals surface area contributed by atoms with E-state index in [-0.39, 0.29) is 12.8 Å². The molecule has 2 aromatic rings. The smallest absolute Gasteiger partial charge is 0.408 e. The van der Waals surface area contributed by atoms with Gasteiger partial charge in [0.15, 0.2) is 0 Å². The lowest BCUT2D eigenvalue weighted by atomic mass is 9.96. The zero-order valence-corrected chi connectivity index (χ0v) is 27.4. The monoisotopic (exact) mass is 614 g/mol. The maximum absolute atomic E-state index is 14.5. The number of aryl methyl sites for hydroxylation is 2. The number of anilines is 1. The van der Waals surface area contributed by atoms with Crippen LogP contribution in [0.25, 0.3) is 0 Å². The van der Waals surface area contributed by atoms with Gasteiger partial charge in [-0.05, 0) is 83.9 Å². The van der Waals surface area contributed by atoms with Gasteiger partial charge in [-0.1, -0.05) is 67.4 Å². The first-order valence-corrected chi connectivity index (χ1v) is 15.1. The first kappa shape index (κ1) is 35.6. The van der Waals surface area contributed by atoms with Gasteiger partial charge in [-0.2, -0.15) is 0 Å². The zero-order chi connectivity index (χ0) is 32.5. The van der Waals surface area contributed by atoms with Gasteiger partial charge in [-0.15, -0.1) is 0 Å². The molecular weight excluding hydrogens is 568 g/mol. The largest absolute Gasteiger partial charge is 0.444 e. The molecule has 4 amide bonds. The number of nitrogens with zero attached hydrogens (tertiary/aromatic N) is 1. The number of para-hydroxylation sites is 1. The summed E-state index contributed by atoms with van der Waals surface area (Å²) in [5.74, 6) is -1.26. The third-order valence-corrected chi connectivity index (χ3v) is 7.26. The topological polar surface area (TPSA) is 131 Å². The number of alkyl carbamates (subject to hydrolysis) is 1. The molecular formula is C33H47ClN4O5. The lowest BCUT2D eigenvalue weighted by Gasteiger charge is -2.39. The Morgan fingerprint density at radius 2 is 1.58 bits per heavy atom. The predicted octanol–water partition coefficient (Wildman–Crippen LogP) is 6.45. The van der Waals surface area contributed by atoms with E-state index in [1.165, 1.54) is 4.90 Å². The van der Waals surface area contributed by atoms with Gasteiger partial charge in [0.1, 0.15) is 17.7 Å². The number of hydrogen-bond acceptors (Lipinski definition) is 5. The van der Waals surface area contributed by atoms with Crippen LogP contribution < -0.4 is 16.4 Å². The maximum Gasteiger partial charge on any atom is 0.408 e. The van der Waals surface area contributed by atoms with Gasteiger partial charge in [0.25, 0.3) is 5.91 Å². The van der Waals surface area contributed by atoms with Crippen molar-refractivity contribution in [3.05, 3.63) is 64.2 Å². The maximum atomic E-state index is 14.5. The van der Waals surface area contributed by atoms with E-state index < -0.39 is 47.5 Å². The van der Waals surface area contributed by atoms with Crippen LogP contribution in [0.4, 0.5) is 10.5 Å². The van der Waals surface area contributed by atoms with Crippen molar-refractivity contribution in [2.45, 2.75) is 105 Å². The van der Waals surface area contributed by atoms with E-state index in [1.807, 2.05) is 51.1 Å². The lowest BCUT2D eigenvalue weighted by Crippen LogP contribution is -2.55. The number of hydrogen-bond donors (Lipinski definition) is 3. The van der Waals surface area contributed by atoms with Gasteiger partial charge >= 0.3 is 6.09 Å². The Morgan fingerprint density at radius 3 is 2.12 bits per heavy atom. The van der Waals surface area contributed by atoms with Gasteiger partial charge in [0.05, 0.1) is 10.7 Å². The van der Waals surface area contributed by atoms with Crippen molar-refractivity contribution in [3.63, 3.8) is 0 Å². The minimum Gasteiger partial charge on any atom is -0.444 e. The number of halogens is 1. The molecule has 0 aliphatic carbocycles. The van der Waals surface area contributed by atoms with E-state index in [2.05, 4.69) is 24.5 Å². The van der Waals surface area contributed by atoms with Crippen LogP contribution in [0.1, 0.15) is 90.0 Å². The summed E-state index contributed by atoms with van der Waals surface area (Å²) in [6.07, 6.45) is 0.363. The number of nitrogens with one attached hydrogen (secondary N) is 2. The molecule has 0 radical (unpaired) electrons. The van der Waals surface area contributed by atoms with Crippen molar-refractivity contribution < 1.29 is 23.9 Å². The van der Waals surface area contributed by atoms with Crippen molar-refractivity contribution in [2.75, 3.05) is 5.32 Å². The number of carbonyl (C=O) groups is 4. The van der Waals surface area contributed by atoms with Crippen molar-refractivity contribution >= 4 is 41.1 Å². The summed E-state index contributed by atoms with van der Waals surface area (Å²) < 4.78 is 5.42. The van der Waals surface area contributed by atoms with E-state index >= 15 is 0 Å². The molecule has 0 aliphatic rings. The molecule has 0 saturated carbocycles. The summed E-state index contributed by atoms with van der Waals surface area (Å²) in [5, 5.41) is 5.96. The van der Waals surface area contributed by atoms with Crippen LogP contribution >= 0.6 is 11.6 Å². The SMILES string of the molecule is Cc1ccc(C(C(=O)Nc2c(C)cccc2Cl)N(C(=O)C(CCC(N)=O)NC(=O)OC(C)(C)C)C(C)CCC(C)C)cc1. The van der Waals surface area contributed by atoms with Crippen LogP contribution in [0, 0.1) is 19.8 Å². The average Bonchev–Trinajstić information content (AvgIpc) is 2.89. The highest BCUT2D eigenvalue weighted by atomic mass is 35.5. The fourth-order valence-corrected chi connectivity index (χ4v) is 4.92. The number of rotatable bonds is 13. The Bertz CT molecular complexity index is 1250. The normalized spacial score (nSPS) is 13.5. The van der Waals surface area contributed by atoms with Crippen LogP contribution in [0.15, 0.2) is 42.5 Å². The van der Waals surface area contributed by atoms with Gasteiger partial charge in [0, 0.05) is 12.5 Å². The second kappa shape index (κ2) is 15.8. The summed E-state index contributed by atoms with van der Waals surface area (Å²) in [6.45, 7) is 15.0. The molecule has 0 fully saturated rings. The number of benzene rings is 2. The lowest BCUT2D eigenvalue weighted by molar-refractivity contribution is -0.143. The van der Waals surface area contributed by atoms with Crippen LogP contribution in [0.2, 0.25) is 5.02 Å². The van der Waals surface area contributed by atoms with Crippen molar-refractivity contribution in [3.8, 4) is 0 Å². The first-order chi connectivity index (χ1) is 20.0. The highest BCUT2D eigenvalue weighted by Gasteiger charge is 2.39. The molecule has 236 valence electrons. The van der Waals surface area contributed by atoms with Gasteiger partial charge in [-0.25, -0.2) is 4.79 Å². The van der Waals surface area contributed by atoms with Crippen molar-refractivity contribution in [1.82, 2.24) is 10.2 Å². The Balaban J connectivity index is 2.67. The summed E-state index contributed by atoms with van der Waals surface area (Å²) in [4.78, 5) is 54.9. The molecule has 3 atom stereocenters. The van der Waals surface area contributed by atoms with E-state index in [1.54, 1.807) is 32.9 Å². The van der Waals surface area contributed by atoms with Gasteiger partial charge < -0.3 is 26.0 Å². The van der Waals surface area contributed by atoms with Crippen LogP contribution in [0.3, 0.4) is 0 Å². The Hall–Kier alpha value is -3.59. The fourth-order valence-electron chi connectivity index (χ4n) is 4.66. The minimum atomic E-state index is -1.17. The van der Waals surface area contributed by atoms with Crippen LogP contribution in [-0.2, 0) is 19.1 Å².